The van der Waals surface area contributed by atoms with Gasteiger partial charge in [0.25, 0.3) is 0 Å². The lowest BCUT2D eigenvalue weighted by molar-refractivity contribution is -0.917. The van der Waals surface area contributed by atoms with Crippen LogP contribution < -0.4 is 10.2 Å². The van der Waals surface area contributed by atoms with Crippen molar-refractivity contribution in [1.29, 1.82) is 0 Å². The van der Waals surface area contributed by atoms with Gasteiger partial charge in [-0.05, 0) is 43.3 Å². The maximum atomic E-state index is 5.63. The van der Waals surface area contributed by atoms with Crippen LogP contribution in [0.3, 0.4) is 0 Å². The summed E-state index contributed by atoms with van der Waals surface area (Å²) in [6.45, 7) is 9.66. The molecule has 0 spiro atoms. The molecule has 1 heterocycles. The van der Waals surface area contributed by atoms with Crippen LogP contribution in [0, 0.1) is 13.8 Å². The van der Waals surface area contributed by atoms with Gasteiger partial charge in [-0.1, -0.05) is 42.5 Å². The molecule has 0 saturated carbocycles. The first-order chi connectivity index (χ1) is 11.6. The molecule has 3 nitrogen and oxygen atoms in total. The second-order valence-corrected chi connectivity index (χ2v) is 6.96. The van der Waals surface area contributed by atoms with Crippen molar-refractivity contribution in [3.63, 3.8) is 0 Å². The van der Waals surface area contributed by atoms with Crippen LogP contribution in [-0.4, -0.2) is 36.2 Å². The minimum Gasteiger partial charge on any atom is -0.338 e. The SMILES string of the molecule is Cc1cccc(NC(=S)N2CC[NH+](Cc3ccccc3)CC2)c1C. The van der Waals surface area contributed by atoms with E-state index in [0.29, 0.717) is 0 Å². The van der Waals surface area contributed by atoms with Crippen LogP contribution in [0.1, 0.15) is 16.7 Å². The van der Waals surface area contributed by atoms with Crippen molar-refractivity contribution in [2.45, 2.75) is 20.4 Å². The second kappa shape index (κ2) is 7.77. The quantitative estimate of drug-likeness (QED) is 0.837. The predicted molar refractivity (Wildman–Crippen MR) is 105 cm³/mol. The van der Waals surface area contributed by atoms with E-state index < -0.39 is 0 Å². The Labute approximate surface area is 150 Å². The number of hydrogen-bond acceptors (Lipinski definition) is 1. The van der Waals surface area contributed by atoms with Gasteiger partial charge in [-0.2, -0.15) is 0 Å². The molecule has 0 amide bonds. The minimum atomic E-state index is 0.850. The number of nitrogens with zero attached hydrogens (tertiary/aromatic N) is 1. The fourth-order valence-corrected chi connectivity index (χ4v) is 3.46. The number of hydrogen-bond donors (Lipinski definition) is 2. The molecule has 0 atom stereocenters. The Morgan fingerprint density at radius 2 is 1.75 bits per heavy atom. The third-order valence-electron chi connectivity index (χ3n) is 4.90. The summed E-state index contributed by atoms with van der Waals surface area (Å²) in [5.41, 5.74) is 5.10. The van der Waals surface area contributed by atoms with Gasteiger partial charge in [-0.3, -0.25) is 0 Å². The summed E-state index contributed by atoms with van der Waals surface area (Å²) in [7, 11) is 0. The van der Waals surface area contributed by atoms with E-state index in [-0.39, 0.29) is 0 Å². The monoisotopic (exact) mass is 340 g/mol. The van der Waals surface area contributed by atoms with Gasteiger partial charge >= 0.3 is 0 Å². The molecule has 1 fully saturated rings. The second-order valence-electron chi connectivity index (χ2n) is 6.58. The van der Waals surface area contributed by atoms with Gasteiger partial charge in [0.15, 0.2) is 5.11 Å². The number of quaternary nitrogens is 1. The van der Waals surface area contributed by atoms with Crippen LogP contribution in [-0.2, 0) is 6.54 Å². The normalized spacial score (nSPS) is 15.3. The summed E-state index contributed by atoms with van der Waals surface area (Å²) in [6, 6.07) is 17.1. The van der Waals surface area contributed by atoms with Crippen molar-refractivity contribution in [1.82, 2.24) is 4.90 Å². The zero-order valence-electron chi connectivity index (χ0n) is 14.5. The molecule has 1 saturated heterocycles. The largest absolute Gasteiger partial charge is 0.338 e. The smallest absolute Gasteiger partial charge is 0.173 e. The molecule has 0 aliphatic carbocycles. The highest BCUT2D eigenvalue weighted by molar-refractivity contribution is 7.80. The summed E-state index contributed by atoms with van der Waals surface area (Å²) in [6.07, 6.45) is 0. The average Bonchev–Trinajstić information content (AvgIpc) is 2.60. The summed E-state index contributed by atoms with van der Waals surface area (Å²) in [5, 5.41) is 4.28. The lowest BCUT2D eigenvalue weighted by Crippen LogP contribution is -3.13. The van der Waals surface area contributed by atoms with Crippen LogP contribution in [0.5, 0.6) is 0 Å². The van der Waals surface area contributed by atoms with E-state index in [9.17, 15) is 0 Å². The Kier molecular flexibility index (Phi) is 5.48. The average molecular weight is 341 g/mol. The number of aryl methyl sites for hydroxylation is 1. The Morgan fingerprint density at radius 3 is 2.46 bits per heavy atom. The number of rotatable bonds is 3. The molecule has 1 aliphatic heterocycles. The van der Waals surface area contributed by atoms with Gasteiger partial charge in [-0.25, -0.2) is 0 Å². The van der Waals surface area contributed by atoms with Gasteiger partial charge in [-0.15, -0.1) is 0 Å². The Balaban J connectivity index is 1.52. The zero-order valence-corrected chi connectivity index (χ0v) is 15.3. The van der Waals surface area contributed by atoms with Crippen molar-refractivity contribution in [3.8, 4) is 0 Å². The van der Waals surface area contributed by atoms with Crippen molar-refractivity contribution in [3.05, 3.63) is 65.2 Å². The summed E-state index contributed by atoms with van der Waals surface area (Å²) in [4.78, 5) is 3.93. The summed E-state index contributed by atoms with van der Waals surface area (Å²) >= 11 is 5.63. The predicted octanol–water partition coefficient (Wildman–Crippen LogP) is 2.40. The summed E-state index contributed by atoms with van der Waals surface area (Å²) in [5.74, 6) is 0. The first-order valence-electron chi connectivity index (χ1n) is 8.63. The van der Waals surface area contributed by atoms with Crippen LogP contribution >= 0.6 is 12.2 Å². The molecular weight excluding hydrogens is 314 g/mol. The van der Waals surface area contributed by atoms with Gasteiger partial charge in [0.2, 0.25) is 0 Å². The highest BCUT2D eigenvalue weighted by Gasteiger charge is 2.22. The van der Waals surface area contributed by atoms with Gasteiger partial charge in [0.1, 0.15) is 6.54 Å². The van der Waals surface area contributed by atoms with Gasteiger partial charge in [0, 0.05) is 11.3 Å². The molecule has 4 heteroatoms. The van der Waals surface area contributed by atoms with Crippen molar-refractivity contribution < 1.29 is 4.90 Å². The van der Waals surface area contributed by atoms with Crippen LogP contribution in [0.25, 0.3) is 0 Å². The highest BCUT2D eigenvalue weighted by Crippen LogP contribution is 2.18. The fraction of sp³-hybridized carbons (Fsp3) is 0.350. The van der Waals surface area contributed by atoms with Crippen LogP contribution in [0.2, 0.25) is 0 Å². The van der Waals surface area contributed by atoms with E-state index in [2.05, 4.69) is 72.6 Å². The molecule has 2 N–H and O–H groups in total. The Hall–Kier alpha value is -1.91. The van der Waals surface area contributed by atoms with E-state index in [0.717, 1.165) is 43.5 Å². The third-order valence-corrected chi connectivity index (χ3v) is 5.26. The van der Waals surface area contributed by atoms with Gasteiger partial charge in [0.05, 0.1) is 26.2 Å². The molecule has 0 radical (unpaired) electrons. The number of anilines is 1. The zero-order chi connectivity index (χ0) is 16.9. The molecule has 2 aromatic rings. The van der Waals surface area contributed by atoms with Crippen LogP contribution in [0.15, 0.2) is 48.5 Å². The molecular formula is C20H26N3S+. The van der Waals surface area contributed by atoms with E-state index in [4.69, 9.17) is 12.2 Å². The molecule has 0 unspecified atom stereocenters. The minimum absolute atomic E-state index is 0.850. The van der Waals surface area contributed by atoms with Crippen LogP contribution in [0.4, 0.5) is 5.69 Å². The molecule has 126 valence electrons. The van der Waals surface area contributed by atoms with E-state index >= 15 is 0 Å². The topological polar surface area (TPSA) is 19.7 Å². The van der Waals surface area contributed by atoms with E-state index in [1.807, 2.05) is 0 Å². The summed E-state index contributed by atoms with van der Waals surface area (Å²) < 4.78 is 0. The van der Waals surface area contributed by atoms with E-state index in [1.165, 1.54) is 16.7 Å². The number of piperazine rings is 1. The molecule has 0 aromatic heterocycles. The van der Waals surface area contributed by atoms with Gasteiger partial charge < -0.3 is 15.1 Å². The Bertz CT molecular complexity index is 691. The first-order valence-corrected chi connectivity index (χ1v) is 9.04. The number of nitrogens with one attached hydrogen (secondary N) is 2. The van der Waals surface area contributed by atoms with Crippen molar-refractivity contribution in [2.75, 3.05) is 31.5 Å². The number of thiocarbonyl (C=S) groups is 1. The lowest BCUT2D eigenvalue weighted by Gasteiger charge is -2.34. The fourth-order valence-electron chi connectivity index (χ4n) is 3.17. The Morgan fingerprint density at radius 1 is 1.04 bits per heavy atom. The molecule has 0 bridgehead atoms. The molecule has 2 aromatic carbocycles. The first kappa shape index (κ1) is 16.9. The lowest BCUT2D eigenvalue weighted by atomic mass is 10.1. The maximum absolute atomic E-state index is 5.63. The maximum Gasteiger partial charge on any atom is 0.173 e. The molecule has 1 aliphatic rings. The van der Waals surface area contributed by atoms with E-state index in [1.54, 1.807) is 4.90 Å². The highest BCUT2D eigenvalue weighted by atomic mass is 32.1. The van der Waals surface area contributed by atoms with Crippen molar-refractivity contribution >= 4 is 23.0 Å². The standard InChI is InChI=1S/C20H25N3S/c1-16-7-6-10-19(17(16)2)21-20(24)23-13-11-22(12-14-23)15-18-8-4-3-5-9-18/h3-10H,11-15H2,1-2H3,(H,21,24)/p+1. The van der Waals surface area contributed by atoms with Crippen molar-refractivity contribution in [2.24, 2.45) is 0 Å². The number of benzene rings is 2. The molecule has 24 heavy (non-hydrogen) atoms. The third kappa shape index (κ3) is 4.13. The molecule has 3 rings (SSSR count).